The minimum absolute atomic E-state index is 0.893. The molecule has 0 aliphatic carbocycles. The molecule has 0 radical (unpaired) electrons. The second-order valence-electron chi connectivity index (χ2n) is 16.8. The number of furan rings is 1. The molecule has 0 N–H and O–H groups in total. The van der Waals surface area contributed by atoms with E-state index in [1.165, 1.54) is 43.5 Å². The van der Waals surface area contributed by atoms with E-state index in [0.717, 1.165) is 77.9 Å². The van der Waals surface area contributed by atoms with E-state index in [2.05, 4.69) is 252 Å². The van der Waals surface area contributed by atoms with E-state index in [4.69, 9.17) is 4.42 Å². The largest absolute Gasteiger partial charge is 0.455 e. The highest BCUT2D eigenvalue weighted by Gasteiger charge is 2.20. The smallest absolute Gasteiger partial charge is 0.143 e. The molecule has 0 aliphatic rings. The predicted molar refractivity (Wildman–Crippen MR) is 274 cm³/mol. The molecule has 0 saturated carbocycles. The zero-order valence-corrected chi connectivity index (χ0v) is 35.4. The summed E-state index contributed by atoms with van der Waals surface area (Å²) in [4.78, 5) is 2.40. The Morgan fingerprint density at radius 3 is 1.65 bits per heavy atom. The van der Waals surface area contributed by atoms with Gasteiger partial charge >= 0.3 is 0 Å². The molecule has 0 atom stereocenters. The van der Waals surface area contributed by atoms with Gasteiger partial charge in [0.2, 0.25) is 0 Å². The number of hydrogen-bond acceptors (Lipinski definition) is 2. The van der Waals surface area contributed by atoms with Crippen LogP contribution in [-0.4, -0.2) is 4.57 Å². The van der Waals surface area contributed by atoms with Gasteiger partial charge in [-0.15, -0.1) is 0 Å². The normalized spacial score (nSPS) is 11.7. The van der Waals surface area contributed by atoms with Crippen molar-refractivity contribution in [2.45, 2.75) is 0 Å². The van der Waals surface area contributed by atoms with E-state index in [-0.39, 0.29) is 0 Å². The molecule has 0 spiro atoms. The molecule has 11 aromatic carbocycles. The van der Waals surface area contributed by atoms with Crippen molar-refractivity contribution in [3.05, 3.63) is 243 Å². The summed E-state index contributed by atoms with van der Waals surface area (Å²) in [6, 6.07) is 87.7. The molecular formula is C62H40N2O. The minimum atomic E-state index is 0.893. The van der Waals surface area contributed by atoms with Gasteiger partial charge in [0, 0.05) is 49.6 Å². The fraction of sp³-hybridized carbons (Fsp3) is 0. The first-order chi connectivity index (χ1) is 32.2. The SMILES string of the molecule is c1cc(-c2ccc(N(c3ccc(-c4cccc5oc6c7ccccc7ccc6c45)cc3)c3ccccc3-c3cccc4ccccc34)cc2)cc(-n2c3ccccc3c3ccccc32)c1. The van der Waals surface area contributed by atoms with Crippen molar-refractivity contribution in [2.75, 3.05) is 4.90 Å². The highest BCUT2D eigenvalue weighted by molar-refractivity contribution is 6.19. The monoisotopic (exact) mass is 828 g/mol. The molecule has 2 heterocycles. The Bertz CT molecular complexity index is 3890. The van der Waals surface area contributed by atoms with Gasteiger partial charge in [-0.2, -0.15) is 0 Å². The first-order valence-corrected chi connectivity index (χ1v) is 22.2. The van der Waals surface area contributed by atoms with Gasteiger partial charge in [-0.25, -0.2) is 0 Å². The molecule has 3 nitrogen and oxygen atoms in total. The molecular weight excluding hydrogens is 789 g/mol. The summed E-state index contributed by atoms with van der Waals surface area (Å²) in [6.45, 7) is 0. The maximum atomic E-state index is 6.58. The van der Waals surface area contributed by atoms with Gasteiger partial charge in [-0.1, -0.05) is 176 Å². The van der Waals surface area contributed by atoms with E-state index in [1.54, 1.807) is 0 Å². The maximum absolute atomic E-state index is 6.58. The Balaban J connectivity index is 0.936. The van der Waals surface area contributed by atoms with Crippen LogP contribution < -0.4 is 4.90 Å². The number of para-hydroxylation sites is 3. The molecule has 0 saturated heterocycles. The van der Waals surface area contributed by atoms with Crippen LogP contribution >= 0.6 is 0 Å². The van der Waals surface area contributed by atoms with Gasteiger partial charge in [0.25, 0.3) is 0 Å². The van der Waals surface area contributed by atoms with Crippen LogP contribution in [0, 0.1) is 0 Å². The number of anilines is 3. The maximum Gasteiger partial charge on any atom is 0.143 e. The summed E-state index contributed by atoms with van der Waals surface area (Å²) in [5.74, 6) is 0. The van der Waals surface area contributed by atoms with Crippen LogP contribution in [0.1, 0.15) is 0 Å². The lowest BCUT2D eigenvalue weighted by molar-refractivity contribution is 0.673. The molecule has 0 unspecified atom stereocenters. The Kier molecular flexibility index (Phi) is 8.53. The van der Waals surface area contributed by atoms with Crippen LogP contribution in [-0.2, 0) is 0 Å². The third kappa shape index (κ3) is 6.05. The second-order valence-corrected chi connectivity index (χ2v) is 16.8. The molecule has 2 aromatic heterocycles. The Morgan fingerprint density at radius 1 is 0.338 bits per heavy atom. The van der Waals surface area contributed by atoms with Gasteiger partial charge < -0.3 is 13.9 Å². The Morgan fingerprint density at radius 2 is 0.892 bits per heavy atom. The van der Waals surface area contributed by atoms with Crippen molar-refractivity contribution in [1.82, 2.24) is 4.57 Å². The van der Waals surface area contributed by atoms with Crippen LogP contribution in [0.3, 0.4) is 0 Å². The highest BCUT2D eigenvalue weighted by Crippen LogP contribution is 2.45. The van der Waals surface area contributed by atoms with E-state index in [9.17, 15) is 0 Å². The van der Waals surface area contributed by atoms with Gasteiger partial charge in [-0.05, 0) is 111 Å². The topological polar surface area (TPSA) is 21.3 Å². The van der Waals surface area contributed by atoms with E-state index in [0.29, 0.717) is 0 Å². The zero-order valence-electron chi connectivity index (χ0n) is 35.4. The van der Waals surface area contributed by atoms with Gasteiger partial charge in [0.15, 0.2) is 0 Å². The van der Waals surface area contributed by atoms with Crippen LogP contribution in [0.2, 0.25) is 0 Å². The number of rotatable bonds is 7. The fourth-order valence-corrected chi connectivity index (χ4v) is 10.2. The number of hydrogen-bond donors (Lipinski definition) is 0. The lowest BCUT2D eigenvalue weighted by atomic mass is 9.95. The van der Waals surface area contributed by atoms with E-state index >= 15 is 0 Å². The Hall–Kier alpha value is -8.66. The number of benzene rings is 11. The fourth-order valence-electron chi connectivity index (χ4n) is 10.2. The quantitative estimate of drug-likeness (QED) is 0.160. The second kappa shape index (κ2) is 15.0. The lowest BCUT2D eigenvalue weighted by Gasteiger charge is -2.28. The van der Waals surface area contributed by atoms with Crippen LogP contribution in [0.15, 0.2) is 247 Å². The van der Waals surface area contributed by atoms with Gasteiger partial charge in [-0.3, -0.25) is 0 Å². The van der Waals surface area contributed by atoms with Crippen LogP contribution in [0.4, 0.5) is 17.1 Å². The predicted octanol–water partition coefficient (Wildman–Crippen LogP) is 17.5. The molecule has 304 valence electrons. The van der Waals surface area contributed by atoms with Crippen molar-refractivity contribution in [2.24, 2.45) is 0 Å². The summed E-state index contributed by atoms with van der Waals surface area (Å²) in [7, 11) is 0. The van der Waals surface area contributed by atoms with Crippen LogP contribution in [0.25, 0.3) is 104 Å². The lowest BCUT2D eigenvalue weighted by Crippen LogP contribution is -2.11. The summed E-state index contributed by atoms with van der Waals surface area (Å²) >= 11 is 0. The average molecular weight is 829 g/mol. The molecule has 0 aliphatic heterocycles. The van der Waals surface area contributed by atoms with Crippen LogP contribution in [0.5, 0.6) is 0 Å². The molecule has 0 amide bonds. The zero-order chi connectivity index (χ0) is 42.8. The van der Waals surface area contributed by atoms with E-state index in [1.807, 2.05) is 0 Å². The van der Waals surface area contributed by atoms with Crippen molar-refractivity contribution < 1.29 is 4.42 Å². The van der Waals surface area contributed by atoms with Gasteiger partial charge in [0.1, 0.15) is 11.2 Å². The highest BCUT2D eigenvalue weighted by atomic mass is 16.3. The van der Waals surface area contributed by atoms with Crippen molar-refractivity contribution in [1.29, 1.82) is 0 Å². The number of nitrogens with zero attached hydrogens (tertiary/aromatic N) is 2. The van der Waals surface area contributed by atoms with E-state index < -0.39 is 0 Å². The number of aromatic nitrogens is 1. The minimum Gasteiger partial charge on any atom is -0.455 e. The van der Waals surface area contributed by atoms with Crippen molar-refractivity contribution in [3.63, 3.8) is 0 Å². The first kappa shape index (κ1) is 36.9. The third-order valence-corrected chi connectivity index (χ3v) is 13.2. The molecule has 0 bridgehead atoms. The number of fused-ring (bicyclic) bond motifs is 9. The molecule has 13 rings (SSSR count). The summed E-state index contributed by atoms with van der Waals surface area (Å²) in [5, 5.41) is 9.54. The first-order valence-electron chi connectivity index (χ1n) is 22.2. The summed E-state index contributed by atoms with van der Waals surface area (Å²) in [6.07, 6.45) is 0. The summed E-state index contributed by atoms with van der Waals surface area (Å²) < 4.78 is 8.97. The van der Waals surface area contributed by atoms with Gasteiger partial charge in [0.05, 0.1) is 16.7 Å². The third-order valence-electron chi connectivity index (χ3n) is 13.2. The van der Waals surface area contributed by atoms with Crippen molar-refractivity contribution in [3.8, 4) is 39.1 Å². The molecule has 65 heavy (non-hydrogen) atoms. The Labute approximate surface area is 376 Å². The molecule has 3 heteroatoms. The van der Waals surface area contributed by atoms with Crippen molar-refractivity contribution >= 4 is 82.4 Å². The molecule has 0 fully saturated rings. The molecule has 13 aromatic rings. The average Bonchev–Trinajstić information content (AvgIpc) is 3.94. The standard InChI is InChI=1S/C62H40N2O/c1-3-19-49-42(14-1)16-12-25-52(49)53-21-5-8-26-57(53)63(47-37-32-44(33-38-47)50-24-13-29-60-61(50)56-39-34-43-15-2-4-20-51(43)62(56)65-60)46-35-30-41(31-36-46)45-17-11-18-48(40-45)64-58-27-9-6-22-54(58)55-23-7-10-28-59(55)64/h1-40H. The summed E-state index contributed by atoms with van der Waals surface area (Å²) in [5.41, 5.74) is 15.6.